The van der Waals surface area contributed by atoms with Crippen LogP contribution in [-0.2, 0) is 0 Å². The van der Waals surface area contributed by atoms with Crippen LogP contribution >= 0.6 is 0 Å². The van der Waals surface area contributed by atoms with Gasteiger partial charge in [-0.05, 0) is 57.2 Å². The lowest BCUT2D eigenvalue weighted by Crippen LogP contribution is -2.58. The maximum absolute atomic E-state index is 4.14. The minimum atomic E-state index is 0.438. The first-order valence-corrected chi connectivity index (χ1v) is 6.57. The molecule has 1 saturated heterocycles. The van der Waals surface area contributed by atoms with Crippen molar-refractivity contribution in [2.45, 2.75) is 50.6 Å². The number of nitrogens with zero attached hydrogens (tertiary/aromatic N) is 2. The molecule has 92 valence electrons. The van der Waals surface area contributed by atoms with Crippen LogP contribution in [0.25, 0.3) is 0 Å². The van der Waals surface area contributed by atoms with E-state index in [0.29, 0.717) is 11.6 Å². The van der Waals surface area contributed by atoms with Gasteiger partial charge in [0.25, 0.3) is 0 Å². The van der Waals surface area contributed by atoms with Crippen LogP contribution in [0.15, 0.2) is 12.3 Å². The Morgan fingerprint density at radius 3 is 3.06 bits per heavy atom. The topological polar surface area (TPSA) is 49.8 Å². The molecular weight excluding hydrogens is 212 g/mol. The molecule has 2 aliphatic rings. The predicted octanol–water partition coefficient (Wildman–Crippen LogP) is 1.87. The Morgan fingerprint density at radius 2 is 2.35 bits per heavy atom. The summed E-state index contributed by atoms with van der Waals surface area (Å²) in [7, 11) is 0. The molecule has 1 aliphatic carbocycles. The van der Waals surface area contributed by atoms with E-state index >= 15 is 0 Å². The normalized spacial score (nSPS) is 26.5. The first-order valence-electron chi connectivity index (χ1n) is 6.57. The van der Waals surface area contributed by atoms with Crippen molar-refractivity contribution in [1.82, 2.24) is 15.5 Å². The number of aryl methyl sites for hydroxylation is 1. The van der Waals surface area contributed by atoms with Crippen molar-refractivity contribution in [1.29, 1.82) is 0 Å². The molecule has 2 heterocycles. The van der Waals surface area contributed by atoms with Crippen LogP contribution in [0, 0.1) is 6.92 Å². The van der Waals surface area contributed by atoms with E-state index in [9.17, 15) is 0 Å². The van der Waals surface area contributed by atoms with Crippen LogP contribution < -0.4 is 10.6 Å². The molecule has 0 aromatic carbocycles. The van der Waals surface area contributed by atoms with E-state index in [-0.39, 0.29) is 0 Å². The van der Waals surface area contributed by atoms with Gasteiger partial charge < -0.3 is 10.6 Å². The predicted molar refractivity (Wildman–Crippen MR) is 68.0 cm³/mol. The van der Waals surface area contributed by atoms with E-state index < -0.39 is 0 Å². The Balaban J connectivity index is 1.65. The molecule has 4 nitrogen and oxygen atoms in total. The number of rotatable bonds is 2. The van der Waals surface area contributed by atoms with Crippen LogP contribution in [0.4, 0.5) is 5.82 Å². The van der Waals surface area contributed by atoms with E-state index in [0.717, 1.165) is 17.9 Å². The molecule has 3 rings (SSSR count). The highest BCUT2D eigenvalue weighted by atomic mass is 15.2. The summed E-state index contributed by atoms with van der Waals surface area (Å²) in [6, 6.07) is 2.62. The van der Waals surface area contributed by atoms with Gasteiger partial charge in [0.15, 0.2) is 0 Å². The summed E-state index contributed by atoms with van der Waals surface area (Å²) in [5.74, 6) is 0.923. The van der Waals surface area contributed by atoms with Gasteiger partial charge in [-0.25, -0.2) is 0 Å². The largest absolute Gasteiger partial charge is 0.366 e. The van der Waals surface area contributed by atoms with Crippen molar-refractivity contribution in [2.24, 2.45) is 0 Å². The Hall–Kier alpha value is -1.16. The van der Waals surface area contributed by atoms with Crippen molar-refractivity contribution < 1.29 is 0 Å². The fourth-order valence-electron chi connectivity index (χ4n) is 3.01. The molecule has 1 atom stereocenters. The van der Waals surface area contributed by atoms with E-state index in [2.05, 4.69) is 33.8 Å². The Kier molecular flexibility index (Phi) is 2.74. The van der Waals surface area contributed by atoms with Crippen LogP contribution in [0.1, 0.15) is 37.7 Å². The first-order chi connectivity index (χ1) is 8.26. The average Bonchev–Trinajstić information content (AvgIpc) is 2.27. The Morgan fingerprint density at radius 1 is 1.47 bits per heavy atom. The highest BCUT2D eigenvalue weighted by molar-refractivity contribution is 5.36. The van der Waals surface area contributed by atoms with Crippen LogP contribution in [0.3, 0.4) is 0 Å². The number of anilines is 1. The third kappa shape index (κ3) is 2.27. The average molecular weight is 232 g/mol. The zero-order valence-electron chi connectivity index (χ0n) is 10.4. The van der Waals surface area contributed by atoms with Gasteiger partial charge in [0.2, 0.25) is 0 Å². The number of piperidine rings is 1. The summed E-state index contributed by atoms with van der Waals surface area (Å²) in [6.07, 6.45) is 8.25. The molecule has 2 N–H and O–H groups in total. The molecule has 0 radical (unpaired) electrons. The molecule has 1 aromatic rings. The molecular formula is C13H20N4. The zero-order chi connectivity index (χ0) is 11.7. The van der Waals surface area contributed by atoms with E-state index in [1.807, 2.05) is 0 Å². The minimum absolute atomic E-state index is 0.438. The number of nitrogens with one attached hydrogen (secondary N) is 2. The van der Waals surface area contributed by atoms with Crippen molar-refractivity contribution in [3.63, 3.8) is 0 Å². The first kappa shape index (κ1) is 11.0. The van der Waals surface area contributed by atoms with E-state index in [1.165, 1.54) is 32.1 Å². The van der Waals surface area contributed by atoms with Gasteiger partial charge in [0.05, 0.1) is 6.20 Å². The summed E-state index contributed by atoms with van der Waals surface area (Å²) in [4.78, 5) is 0. The number of aromatic nitrogens is 2. The third-order valence-corrected chi connectivity index (χ3v) is 4.08. The molecule has 2 fully saturated rings. The van der Waals surface area contributed by atoms with Gasteiger partial charge in [0, 0.05) is 11.6 Å². The van der Waals surface area contributed by atoms with Crippen LogP contribution in [-0.4, -0.2) is 28.3 Å². The fraction of sp³-hybridized carbons (Fsp3) is 0.692. The second kappa shape index (κ2) is 4.26. The van der Waals surface area contributed by atoms with Gasteiger partial charge in [-0.1, -0.05) is 0 Å². The van der Waals surface area contributed by atoms with Crippen LogP contribution in [0.5, 0.6) is 0 Å². The third-order valence-electron chi connectivity index (χ3n) is 4.08. The zero-order valence-corrected chi connectivity index (χ0v) is 10.4. The summed E-state index contributed by atoms with van der Waals surface area (Å²) < 4.78 is 0. The van der Waals surface area contributed by atoms with E-state index in [1.54, 1.807) is 6.20 Å². The lowest BCUT2D eigenvalue weighted by molar-refractivity contribution is 0.135. The number of hydrogen-bond acceptors (Lipinski definition) is 4. The summed E-state index contributed by atoms with van der Waals surface area (Å²) >= 11 is 0. The smallest absolute Gasteiger partial charge is 0.149 e. The highest BCUT2D eigenvalue weighted by Gasteiger charge is 2.40. The van der Waals surface area contributed by atoms with Crippen molar-refractivity contribution in [2.75, 3.05) is 11.9 Å². The van der Waals surface area contributed by atoms with Gasteiger partial charge in [0.1, 0.15) is 5.82 Å². The SMILES string of the molecule is Cc1cnnc(NC2CCNC3(CCC3)C2)c1. The maximum atomic E-state index is 4.14. The van der Waals surface area contributed by atoms with Gasteiger partial charge in [-0.2, -0.15) is 5.10 Å². The highest BCUT2D eigenvalue weighted by Crippen LogP contribution is 2.38. The Bertz CT molecular complexity index is 400. The second-order valence-electron chi connectivity index (χ2n) is 5.51. The molecule has 1 saturated carbocycles. The molecule has 1 aliphatic heterocycles. The van der Waals surface area contributed by atoms with Gasteiger partial charge in [-0.3, -0.25) is 0 Å². The van der Waals surface area contributed by atoms with Crippen molar-refractivity contribution in [3.8, 4) is 0 Å². The standard InChI is InChI=1S/C13H20N4/c1-10-7-12(17-15-9-10)16-11-3-6-14-13(8-11)4-2-5-13/h7,9,11,14H,2-6,8H2,1H3,(H,16,17). The number of hydrogen-bond donors (Lipinski definition) is 2. The van der Waals surface area contributed by atoms with Crippen molar-refractivity contribution >= 4 is 5.82 Å². The van der Waals surface area contributed by atoms with Crippen LogP contribution in [0.2, 0.25) is 0 Å². The minimum Gasteiger partial charge on any atom is -0.366 e. The molecule has 0 bridgehead atoms. The quantitative estimate of drug-likeness (QED) is 0.817. The van der Waals surface area contributed by atoms with Gasteiger partial charge in [-0.15, -0.1) is 5.10 Å². The summed E-state index contributed by atoms with van der Waals surface area (Å²) in [5, 5.41) is 15.4. The van der Waals surface area contributed by atoms with Gasteiger partial charge >= 0.3 is 0 Å². The second-order valence-corrected chi connectivity index (χ2v) is 5.51. The molecule has 1 spiro atoms. The lowest BCUT2D eigenvalue weighted by Gasteiger charge is -2.48. The Labute approximate surface area is 102 Å². The molecule has 1 aromatic heterocycles. The molecule has 4 heteroatoms. The lowest BCUT2D eigenvalue weighted by atomic mass is 9.70. The summed E-state index contributed by atoms with van der Waals surface area (Å²) in [5.41, 5.74) is 1.60. The van der Waals surface area contributed by atoms with E-state index in [4.69, 9.17) is 0 Å². The summed E-state index contributed by atoms with van der Waals surface area (Å²) in [6.45, 7) is 3.17. The fourth-order valence-corrected chi connectivity index (χ4v) is 3.01. The molecule has 17 heavy (non-hydrogen) atoms. The monoisotopic (exact) mass is 232 g/mol. The maximum Gasteiger partial charge on any atom is 0.149 e. The molecule has 1 unspecified atom stereocenters. The molecule has 0 amide bonds. The van der Waals surface area contributed by atoms with Crippen molar-refractivity contribution in [3.05, 3.63) is 17.8 Å².